The molecule has 9 heterocycles. The Bertz CT molecular complexity index is 3960. The van der Waals surface area contributed by atoms with Crippen LogP contribution in [0.5, 0.6) is 0 Å². The first-order valence-corrected chi connectivity index (χ1v) is 49.0. The molecule has 1 amide bonds. The maximum Gasteiger partial charge on any atom is 0.246 e. The summed E-state index contributed by atoms with van der Waals surface area (Å²) in [6, 6.07) is -8.68. The van der Waals surface area contributed by atoms with Crippen LogP contribution >= 0.6 is 0 Å². The van der Waals surface area contributed by atoms with E-state index in [1.807, 2.05) is 12.2 Å². The van der Waals surface area contributed by atoms with Gasteiger partial charge in [-0.1, -0.05) is 0 Å². The third-order valence-electron chi connectivity index (χ3n) is 28.3. The number of Topliss-reactive ketones (excluding diaryl/α,β-unsaturated/α-hetero) is 1. The first-order chi connectivity index (χ1) is 68.6. The molecule has 0 aromatic heterocycles. The normalized spacial score (nSPS) is 45.5. The van der Waals surface area contributed by atoms with Crippen molar-refractivity contribution in [1.29, 1.82) is 0 Å². The summed E-state index contributed by atoms with van der Waals surface area (Å²) < 4.78 is 107. The summed E-state index contributed by atoms with van der Waals surface area (Å²) in [6.45, 7) is -1.07. The second kappa shape index (κ2) is 55.5. The molecule has 10 fully saturated rings. The van der Waals surface area contributed by atoms with Crippen molar-refractivity contribution >= 4 is 11.7 Å². The van der Waals surface area contributed by atoms with Gasteiger partial charge in [-0.2, -0.15) is 0 Å². The van der Waals surface area contributed by atoms with Gasteiger partial charge >= 0.3 is 0 Å². The van der Waals surface area contributed by atoms with E-state index in [1.165, 1.54) is 0 Å². The van der Waals surface area contributed by atoms with Gasteiger partial charge in [-0.25, -0.2) is 5.06 Å². The average molecular weight is 2090 g/mol. The minimum absolute atomic E-state index is 0.000385. The molecule has 4 aliphatic carbocycles. The fourth-order valence-corrected chi connectivity index (χ4v) is 19.7. The third kappa shape index (κ3) is 29.0. The van der Waals surface area contributed by atoms with E-state index in [4.69, 9.17) is 176 Å². The number of carbonyl (C=O) groups excluding carboxylic acids is 2. The van der Waals surface area contributed by atoms with E-state index in [9.17, 15) is 102 Å². The first-order valence-electron chi connectivity index (χ1n) is 49.0. The van der Waals surface area contributed by atoms with Crippen molar-refractivity contribution in [2.24, 2.45) is 98.0 Å². The number of nitrogens with one attached hydrogen (secondary N) is 3. The number of hydrogen-bond acceptors (Lipinski definition) is 57. The Balaban J connectivity index is 0.000000206. The summed E-state index contributed by atoms with van der Waals surface area (Å²) in [5, 5.41) is 219. The number of likely N-dealkylation sites (N-methyl/N-ethyl adjacent to an activating group) is 1. The van der Waals surface area contributed by atoms with Crippen LogP contribution in [0.4, 0.5) is 0 Å². The minimum atomic E-state index is -1.68. The highest BCUT2D eigenvalue weighted by Crippen LogP contribution is 2.45. The van der Waals surface area contributed by atoms with Gasteiger partial charge in [-0.05, 0) is 94.4 Å². The zero-order valence-electron chi connectivity index (χ0n) is 80.3. The smallest absolute Gasteiger partial charge is 0.246 e. The van der Waals surface area contributed by atoms with E-state index in [2.05, 4.69) is 16.0 Å². The van der Waals surface area contributed by atoms with Crippen LogP contribution < -0.4 is 96.2 Å². The Kier molecular flexibility index (Phi) is 46.2. The molecule has 144 heavy (non-hydrogen) atoms. The number of nitrogens with zero attached hydrogens (tertiary/aromatic N) is 1. The van der Waals surface area contributed by atoms with Gasteiger partial charge in [0.25, 0.3) is 0 Å². The van der Waals surface area contributed by atoms with Crippen LogP contribution in [-0.2, 0) is 94.9 Å². The Morgan fingerprint density at radius 2 is 0.688 bits per heavy atom. The molecule has 0 aromatic rings. The maximum atomic E-state index is 13.0. The van der Waals surface area contributed by atoms with Gasteiger partial charge in [0.15, 0.2) is 43.5 Å². The molecule has 6 saturated heterocycles. The summed E-state index contributed by atoms with van der Waals surface area (Å²) in [7, 11) is 1.75. The molecule has 0 aromatic carbocycles. The number of aliphatic hydroxyl groups excluding tert-OH is 18. The Hall–Kier alpha value is -4.32. The van der Waals surface area contributed by atoms with E-state index >= 15 is 0 Å². The summed E-state index contributed by atoms with van der Waals surface area (Å²) in [5.41, 5.74) is 83.3. The summed E-state index contributed by atoms with van der Waals surface area (Å²) >= 11 is 0. The number of rotatable bonds is 44. The van der Waals surface area contributed by atoms with Crippen molar-refractivity contribution in [3.63, 3.8) is 0 Å². The Morgan fingerprint density at radius 1 is 0.382 bits per heavy atom. The topological polar surface area (TPSA) is 1010 Å². The van der Waals surface area contributed by atoms with E-state index in [-0.39, 0.29) is 97.1 Å². The quantitative estimate of drug-likeness (QED) is 0.0153. The lowest BCUT2D eigenvalue weighted by Crippen LogP contribution is -2.64. The molecule has 58 heteroatoms. The molecule has 13 aliphatic rings. The summed E-state index contributed by atoms with van der Waals surface area (Å²) in [5.74, 6) is -1.67. The molecular weight excluding hydrogens is 1930 g/mol. The number of hydroxylamine groups is 2. The molecule has 0 radical (unpaired) electrons. The number of amides is 1. The number of carbonyl (C=O) groups is 2. The van der Waals surface area contributed by atoms with Gasteiger partial charge in [0.2, 0.25) is 24.8 Å². The molecule has 0 bridgehead atoms. The van der Waals surface area contributed by atoms with E-state index < -0.39 is 331 Å². The number of ether oxygens (including phenoxy) is 18. The monoisotopic (exact) mass is 2090 g/mol. The van der Waals surface area contributed by atoms with Crippen LogP contribution in [0.25, 0.3) is 0 Å². The van der Waals surface area contributed by atoms with Crippen molar-refractivity contribution in [2.45, 2.75) is 358 Å². The molecule has 4 saturated carbocycles. The van der Waals surface area contributed by atoms with E-state index in [1.54, 1.807) is 13.1 Å². The fourth-order valence-electron chi connectivity index (χ4n) is 19.7. The second-order valence-electron chi connectivity index (χ2n) is 38.8. The molecule has 834 valence electrons. The van der Waals surface area contributed by atoms with Crippen molar-refractivity contribution in [1.82, 2.24) is 21.0 Å². The molecule has 51 N–H and O–H groups in total. The van der Waals surface area contributed by atoms with Gasteiger partial charge < -0.3 is 279 Å². The van der Waals surface area contributed by atoms with Crippen LogP contribution in [0.15, 0.2) is 35.5 Å². The van der Waals surface area contributed by atoms with Crippen molar-refractivity contribution in [2.75, 3.05) is 112 Å². The van der Waals surface area contributed by atoms with Crippen LogP contribution in [0, 0.1) is 17.8 Å². The number of ketones is 1. The highest BCUT2D eigenvalue weighted by Gasteiger charge is 2.62. The van der Waals surface area contributed by atoms with Crippen LogP contribution in [-0.4, -0.2) is 519 Å². The fraction of sp³-hybridized carbons (Fsp3) is 0.907. The first kappa shape index (κ1) is 120. The van der Waals surface area contributed by atoms with Gasteiger partial charge in [0.05, 0.1) is 114 Å². The largest absolute Gasteiger partial charge is 0.467 e. The molecule has 0 spiro atoms. The lowest BCUT2D eigenvalue weighted by atomic mass is 9.76. The van der Waals surface area contributed by atoms with Crippen LogP contribution in [0.3, 0.4) is 0 Å². The summed E-state index contributed by atoms with van der Waals surface area (Å²) in [4.78, 5) is 25.7. The lowest BCUT2D eigenvalue weighted by molar-refractivity contribution is -0.283. The predicted octanol–water partition coefficient (Wildman–Crippen LogP) is -20.0. The molecule has 13 rings (SSSR count). The van der Waals surface area contributed by atoms with Crippen LogP contribution in [0.2, 0.25) is 0 Å². The minimum Gasteiger partial charge on any atom is -0.467 e. The lowest BCUT2D eigenvalue weighted by Gasteiger charge is -2.46. The molecular formula is C86H160N18O40. The van der Waals surface area contributed by atoms with Crippen LogP contribution in [0.1, 0.15) is 70.6 Å². The van der Waals surface area contributed by atoms with Crippen molar-refractivity contribution in [3.8, 4) is 0 Å². The number of hydrogen-bond donors (Lipinski definition) is 37. The predicted molar refractivity (Wildman–Crippen MR) is 490 cm³/mol. The Morgan fingerprint density at radius 3 is 0.993 bits per heavy atom. The van der Waals surface area contributed by atoms with Crippen molar-refractivity contribution in [3.05, 3.63) is 35.5 Å². The molecule has 58 nitrogen and oxygen atoms in total. The highest BCUT2D eigenvalue weighted by molar-refractivity contribution is 5.91. The molecule has 50 atom stereocenters. The van der Waals surface area contributed by atoms with E-state index in [0.717, 1.165) is 0 Å². The number of nitrogens with two attached hydrogens (primary N) is 14. The Labute approximate surface area is 830 Å². The zero-order chi connectivity index (χ0) is 105. The average Bonchev–Trinajstić information content (AvgIpc) is 1.60. The van der Waals surface area contributed by atoms with E-state index in [0.29, 0.717) is 87.0 Å². The molecule has 2 unspecified atom stereocenters. The van der Waals surface area contributed by atoms with Gasteiger partial charge in [-0.15, -0.1) is 0 Å². The SMILES string of the molecule is CNCC1=CC[C@@H](N)[C@@H](O[C@H]2[C@H](O[C@@H]3O[C@H](CO)[C@@H](O[C@H]4O[C@@H](CN)[C@@H](O)[C@H](O)[C@H]4N)[C@H]3O)[C@@H](O)[C@H](CC(=O)C3(O)CC3N)C[C@@H]2N)O1.NCCN(O)C(=O)C[C@@H]1C[C@H](N)[C@@H](O[C@H]2OC(CNCCO)=CC[C@H]2N)[C@H](O[C@@H]2O[C@H](CO)[C@@H](O[C@H]3O[C@@H](CN)[C@@H](O)[C@H](O)[C@H]3N)[C@H]2O)[C@H]1O.NC[C@@H]1O[C@H](O[C@H]2[C@@H](O)[C@H](O[C@@H]3[C@@H](O)[C@H](CCCO)C[C@H](N)[C@H]3O[C@H]3OC(CNCCO)=CC[C@H]3N)O[C@@H]2CO)[C@H](N)[C@@H](O)[C@@H]1O. The summed E-state index contributed by atoms with van der Waals surface area (Å²) in [6.07, 6.45) is -39.2. The standard InChI is InChI=1S/C29H55N7O14.C29H52N6O13.C28H53N5O13/c30-3-5-36(44)18(39)8-12-7-15(33)24(48-27-14(32)2-1-13(45-27)10-35-4-6-37)26(20(12)40)50-29-23(43)25(17(11-38)47-29)49-28-19(34)22(42)21(41)16(9-31)46-28;1-35-8-11-2-3-12(31)26(43-11)46-23-13(32)4-10(5-17(37)29(42)6-16(29)33)19(38)25(23)48-28-22(41)24(15(9-36)45-28)47-27-18(34)21(40)20(39)14(7-30)44-27;29-9-16-20(38)21(39)18(32)27(42-16)45-24-17(11-36)43-28(22(24)40)46-25-19(37)12(2-1-6-34)8-15(31)23(25)44-26-14(30)4-3-13(41-26)10-33-5-7-35/h1,12,14-17,19-29,35,37-38,40-44H,2-11,30-34H2;2,10,12-16,18-28,35-36,38-42H,3-9,30-34H2,1H3;3,12,14-28,33-40H,1-2,4-11,29-32H2/t12-,14+,15-,16-,17+,19+,20-,21+,22+,23+,24+,25+,26+,27+,28+,29-;10-,12+,13-,14-,15+,16?,18+,19-,20+,21+,22+,23+,24+,25+,26+,27+,28-,29?;12-,14-,15+,16+,17-,18-,19+,20-,21-,22-,23-,24-,25-,26-,27-,28+/m001/s1. The second-order valence-corrected chi connectivity index (χ2v) is 38.8. The zero-order valence-corrected chi connectivity index (χ0v) is 80.3. The third-order valence-corrected chi connectivity index (χ3v) is 28.3. The van der Waals surface area contributed by atoms with Gasteiger partial charge in [-0.3, -0.25) is 14.8 Å². The molecule has 9 aliphatic heterocycles. The van der Waals surface area contributed by atoms with Gasteiger partial charge in [0, 0.05) is 89.3 Å². The number of aliphatic hydroxyl groups is 19. The maximum absolute atomic E-state index is 13.0. The van der Waals surface area contributed by atoms with Crippen molar-refractivity contribution < 1.29 is 197 Å². The highest BCUT2D eigenvalue weighted by atomic mass is 16.8. The van der Waals surface area contributed by atoms with Gasteiger partial charge in [0.1, 0.15) is 169 Å².